The van der Waals surface area contributed by atoms with Gasteiger partial charge in [-0.1, -0.05) is 30.3 Å². The van der Waals surface area contributed by atoms with Crippen molar-refractivity contribution in [2.45, 2.75) is 13.0 Å². The highest BCUT2D eigenvalue weighted by atomic mass is 32.1. The zero-order valence-corrected chi connectivity index (χ0v) is 13.7. The maximum absolute atomic E-state index is 12.1. The Morgan fingerprint density at radius 1 is 1.17 bits per heavy atom. The molecule has 6 heteroatoms. The van der Waals surface area contributed by atoms with E-state index in [2.05, 4.69) is 27.0 Å². The molecule has 23 heavy (non-hydrogen) atoms. The van der Waals surface area contributed by atoms with Crippen LogP contribution in [-0.2, 0) is 13.0 Å². The predicted octanol–water partition coefficient (Wildman–Crippen LogP) is 1.99. The molecule has 1 aromatic carbocycles. The molecule has 0 fully saturated rings. The van der Waals surface area contributed by atoms with Crippen molar-refractivity contribution in [3.05, 3.63) is 63.5 Å². The second-order valence-corrected chi connectivity index (χ2v) is 6.36. The van der Waals surface area contributed by atoms with Crippen molar-refractivity contribution in [3.63, 3.8) is 0 Å². The molecule has 0 amide bonds. The molecule has 0 atom stereocenters. The van der Waals surface area contributed by atoms with Crippen molar-refractivity contribution in [3.8, 4) is 0 Å². The number of fused-ring (bicyclic) bond motifs is 1. The molecule has 2 heterocycles. The summed E-state index contributed by atoms with van der Waals surface area (Å²) in [5.41, 5.74) is 7.73. The van der Waals surface area contributed by atoms with Crippen LogP contribution in [0.2, 0.25) is 0 Å². The second kappa shape index (κ2) is 7.50. The molecular weight excluding hydrogens is 308 g/mol. The molecule has 0 saturated carbocycles. The molecule has 120 valence electrons. The Morgan fingerprint density at radius 3 is 2.78 bits per heavy atom. The Balaban J connectivity index is 1.71. The Morgan fingerprint density at radius 2 is 2.00 bits per heavy atom. The summed E-state index contributed by atoms with van der Waals surface area (Å²) < 4.78 is 0.684. The number of nitrogens with one attached hydrogen (secondary N) is 1. The van der Waals surface area contributed by atoms with Crippen LogP contribution in [0.4, 0.5) is 0 Å². The average Bonchev–Trinajstić information content (AvgIpc) is 3.03. The van der Waals surface area contributed by atoms with Crippen LogP contribution >= 0.6 is 11.3 Å². The first-order valence-corrected chi connectivity index (χ1v) is 8.57. The van der Waals surface area contributed by atoms with Crippen LogP contribution in [0.1, 0.15) is 11.4 Å². The Labute approximate surface area is 138 Å². The monoisotopic (exact) mass is 328 g/mol. The van der Waals surface area contributed by atoms with Crippen molar-refractivity contribution in [1.29, 1.82) is 0 Å². The third-order valence-electron chi connectivity index (χ3n) is 3.74. The van der Waals surface area contributed by atoms with Gasteiger partial charge in [0.15, 0.2) is 0 Å². The summed E-state index contributed by atoms with van der Waals surface area (Å²) in [6.45, 7) is 2.84. The molecular formula is C17H20N4OS. The van der Waals surface area contributed by atoms with Gasteiger partial charge >= 0.3 is 0 Å². The van der Waals surface area contributed by atoms with Gasteiger partial charge in [0.2, 0.25) is 0 Å². The van der Waals surface area contributed by atoms with Gasteiger partial charge in [-0.05, 0) is 23.4 Å². The highest BCUT2D eigenvalue weighted by molar-refractivity contribution is 7.17. The van der Waals surface area contributed by atoms with Crippen molar-refractivity contribution in [1.82, 2.24) is 14.9 Å². The number of hydrogen-bond donors (Lipinski definition) is 2. The van der Waals surface area contributed by atoms with Gasteiger partial charge in [-0.25, -0.2) is 4.98 Å². The quantitative estimate of drug-likeness (QED) is 0.695. The predicted molar refractivity (Wildman–Crippen MR) is 94.7 cm³/mol. The van der Waals surface area contributed by atoms with Gasteiger partial charge in [-0.15, -0.1) is 11.3 Å². The summed E-state index contributed by atoms with van der Waals surface area (Å²) in [6.07, 6.45) is 0.950. The van der Waals surface area contributed by atoms with E-state index in [1.807, 2.05) is 29.6 Å². The lowest BCUT2D eigenvalue weighted by molar-refractivity contribution is 0.269. The number of nitrogens with zero attached hydrogens (tertiary/aromatic N) is 2. The van der Waals surface area contributed by atoms with Gasteiger partial charge in [0, 0.05) is 19.6 Å². The molecule has 3 aromatic rings. The van der Waals surface area contributed by atoms with Gasteiger partial charge in [0.25, 0.3) is 5.56 Å². The van der Waals surface area contributed by atoms with Gasteiger partial charge in [-0.2, -0.15) is 0 Å². The van der Waals surface area contributed by atoms with Crippen LogP contribution in [0.15, 0.2) is 46.6 Å². The lowest BCUT2D eigenvalue weighted by Crippen LogP contribution is -2.32. The number of benzene rings is 1. The topological polar surface area (TPSA) is 75.0 Å². The fraction of sp³-hybridized carbons (Fsp3) is 0.294. The molecule has 0 spiro atoms. The Kier molecular flexibility index (Phi) is 5.17. The van der Waals surface area contributed by atoms with Crippen molar-refractivity contribution in [2.24, 2.45) is 5.73 Å². The van der Waals surface area contributed by atoms with Crippen LogP contribution in [-0.4, -0.2) is 34.5 Å². The summed E-state index contributed by atoms with van der Waals surface area (Å²) in [5, 5.41) is 1.89. The highest BCUT2D eigenvalue weighted by Crippen LogP contribution is 2.14. The average molecular weight is 328 g/mol. The first kappa shape index (κ1) is 15.9. The molecule has 3 N–H and O–H groups in total. The summed E-state index contributed by atoms with van der Waals surface area (Å²) in [4.78, 5) is 21.7. The van der Waals surface area contributed by atoms with E-state index in [9.17, 15) is 4.79 Å². The Hall–Kier alpha value is -2.02. The number of hydrogen-bond acceptors (Lipinski definition) is 5. The number of nitrogens with two attached hydrogens (primary N) is 1. The number of rotatable bonds is 7. The lowest BCUT2D eigenvalue weighted by atomic mass is 10.1. The van der Waals surface area contributed by atoms with E-state index in [1.165, 1.54) is 16.9 Å². The normalized spacial score (nSPS) is 11.4. The standard InChI is InChI=1S/C17H20N4OS/c18-8-10-21(9-6-13-4-2-1-3-5-13)12-15-19-14-7-11-23-16(14)17(22)20-15/h1-5,7,11H,6,8-10,12,18H2,(H,19,20,22). The van der Waals surface area contributed by atoms with Gasteiger partial charge < -0.3 is 10.7 Å². The highest BCUT2D eigenvalue weighted by Gasteiger charge is 2.10. The summed E-state index contributed by atoms with van der Waals surface area (Å²) in [5.74, 6) is 0.697. The van der Waals surface area contributed by atoms with Crippen LogP contribution in [0.25, 0.3) is 10.2 Å². The van der Waals surface area contributed by atoms with E-state index in [0.29, 0.717) is 23.6 Å². The molecule has 0 aliphatic rings. The number of aromatic amines is 1. The summed E-state index contributed by atoms with van der Waals surface area (Å²) in [7, 11) is 0. The molecule has 0 saturated heterocycles. The number of thiophene rings is 1. The first-order chi connectivity index (χ1) is 11.3. The van der Waals surface area contributed by atoms with Crippen LogP contribution in [0.5, 0.6) is 0 Å². The van der Waals surface area contributed by atoms with Gasteiger partial charge in [-0.3, -0.25) is 9.69 Å². The van der Waals surface area contributed by atoms with E-state index in [4.69, 9.17) is 5.73 Å². The van der Waals surface area contributed by atoms with E-state index >= 15 is 0 Å². The smallest absolute Gasteiger partial charge is 0.268 e. The van der Waals surface area contributed by atoms with Crippen LogP contribution in [0, 0.1) is 0 Å². The SMILES string of the molecule is NCCN(CCc1ccccc1)Cc1nc2ccsc2c(=O)[nH]1. The van der Waals surface area contributed by atoms with Gasteiger partial charge in [0.05, 0.1) is 12.1 Å². The summed E-state index contributed by atoms with van der Waals surface area (Å²) >= 11 is 1.42. The largest absolute Gasteiger partial charge is 0.329 e. The molecule has 0 aliphatic heterocycles. The molecule has 0 bridgehead atoms. The lowest BCUT2D eigenvalue weighted by Gasteiger charge is -2.21. The van der Waals surface area contributed by atoms with Crippen molar-refractivity contribution < 1.29 is 0 Å². The minimum atomic E-state index is -0.0595. The molecule has 3 rings (SSSR count). The van der Waals surface area contributed by atoms with E-state index < -0.39 is 0 Å². The van der Waals surface area contributed by atoms with Crippen LogP contribution in [0.3, 0.4) is 0 Å². The number of aromatic nitrogens is 2. The van der Waals surface area contributed by atoms with Crippen LogP contribution < -0.4 is 11.3 Å². The molecule has 2 aromatic heterocycles. The molecule has 5 nitrogen and oxygen atoms in total. The van der Waals surface area contributed by atoms with Crippen molar-refractivity contribution >= 4 is 21.6 Å². The zero-order chi connectivity index (χ0) is 16.1. The number of H-pyrrole nitrogens is 1. The molecule has 0 unspecified atom stereocenters. The fourth-order valence-corrected chi connectivity index (χ4v) is 3.32. The summed E-state index contributed by atoms with van der Waals surface area (Å²) in [6, 6.07) is 12.2. The van der Waals surface area contributed by atoms with Crippen molar-refractivity contribution in [2.75, 3.05) is 19.6 Å². The third-order valence-corrected chi connectivity index (χ3v) is 4.64. The van der Waals surface area contributed by atoms with E-state index in [1.54, 1.807) is 0 Å². The zero-order valence-electron chi connectivity index (χ0n) is 12.9. The first-order valence-electron chi connectivity index (χ1n) is 7.69. The molecule has 0 radical (unpaired) electrons. The molecule has 0 aliphatic carbocycles. The fourth-order valence-electron chi connectivity index (χ4n) is 2.59. The maximum Gasteiger partial charge on any atom is 0.268 e. The third kappa shape index (κ3) is 4.04. The van der Waals surface area contributed by atoms with Gasteiger partial charge in [0.1, 0.15) is 10.5 Å². The van der Waals surface area contributed by atoms with E-state index in [0.717, 1.165) is 25.0 Å². The Bertz CT molecular complexity index is 812. The maximum atomic E-state index is 12.1. The second-order valence-electron chi connectivity index (χ2n) is 5.45. The minimum Gasteiger partial charge on any atom is -0.329 e. The minimum absolute atomic E-state index is 0.0595. The van der Waals surface area contributed by atoms with E-state index in [-0.39, 0.29) is 5.56 Å².